The molecule has 0 aliphatic carbocycles. The highest BCUT2D eigenvalue weighted by atomic mass is 31.1. The molecule has 110 valence electrons. The van der Waals surface area contributed by atoms with Crippen LogP contribution in [0.15, 0.2) is 21.9 Å². The number of ether oxygens (including phenoxy) is 1. The van der Waals surface area contributed by atoms with Crippen molar-refractivity contribution in [2.24, 2.45) is 5.41 Å². The number of hydrogen-bond acceptors (Lipinski definition) is 6. The van der Waals surface area contributed by atoms with Crippen molar-refractivity contribution in [2.75, 3.05) is 6.61 Å². The van der Waals surface area contributed by atoms with E-state index in [1.807, 2.05) is 0 Å². The normalized spacial score (nSPS) is 37.0. The molecule has 5 atom stereocenters. The second-order valence-electron chi connectivity index (χ2n) is 5.02. The van der Waals surface area contributed by atoms with Crippen LogP contribution in [0.1, 0.15) is 13.2 Å². The maximum Gasteiger partial charge on any atom is 0.697 e. The minimum Gasteiger partial charge on any atom is -0.347 e. The van der Waals surface area contributed by atoms with E-state index >= 15 is 0 Å². The quantitative estimate of drug-likeness (QED) is 0.585. The Morgan fingerprint density at radius 3 is 3.00 bits per heavy atom. The molecule has 1 aromatic rings. The molecule has 0 aromatic carbocycles. The minimum absolute atomic E-state index is 0.0613. The third-order valence-electron chi connectivity index (χ3n) is 3.70. The van der Waals surface area contributed by atoms with Gasteiger partial charge in [-0.15, -0.1) is 15.5 Å². The predicted octanol–water partition coefficient (Wildman–Crippen LogP) is 0.146. The molecule has 2 saturated heterocycles. The van der Waals surface area contributed by atoms with Gasteiger partial charge in [0.05, 0.1) is 0 Å². The van der Waals surface area contributed by atoms with Crippen LogP contribution in [-0.2, 0) is 18.3 Å². The molecule has 2 aliphatic rings. The number of nitrogens with zero attached hydrogens (tertiary/aromatic N) is 1. The summed E-state index contributed by atoms with van der Waals surface area (Å²) in [7, 11) is -2.26. The number of terminal acetylenes is 1. The Balaban J connectivity index is 2.07. The fraction of sp³-hybridized carbons (Fsp3) is 0.500. The zero-order valence-corrected chi connectivity index (χ0v) is 11.9. The smallest absolute Gasteiger partial charge is 0.347 e. The average molecular weight is 311 g/mol. The maximum absolute atomic E-state index is 11.9. The largest absolute Gasteiger partial charge is 0.697 e. The Morgan fingerprint density at radius 1 is 1.57 bits per heavy atom. The van der Waals surface area contributed by atoms with E-state index in [-0.39, 0.29) is 6.61 Å². The molecule has 8 nitrogen and oxygen atoms in total. The SMILES string of the molecule is C#C[C@]1(C)[C@@H]2O[P+](=O)OC[C@H]2O[C@H]1n1ccc(=O)[nH]c1=O. The van der Waals surface area contributed by atoms with Gasteiger partial charge in [0.25, 0.3) is 5.56 Å². The van der Waals surface area contributed by atoms with Crippen LogP contribution in [0, 0.1) is 17.8 Å². The summed E-state index contributed by atoms with van der Waals surface area (Å²) in [6.07, 6.45) is 4.84. The highest BCUT2D eigenvalue weighted by molar-refractivity contribution is 7.33. The van der Waals surface area contributed by atoms with Gasteiger partial charge in [-0.25, -0.2) is 4.79 Å². The molecule has 0 saturated carbocycles. The van der Waals surface area contributed by atoms with Gasteiger partial charge in [-0.1, -0.05) is 5.92 Å². The number of nitrogens with one attached hydrogen (secondary N) is 1. The Bertz CT molecular complexity index is 749. The summed E-state index contributed by atoms with van der Waals surface area (Å²) in [6, 6.07) is 1.20. The van der Waals surface area contributed by atoms with E-state index in [1.165, 1.54) is 16.8 Å². The van der Waals surface area contributed by atoms with Crippen molar-refractivity contribution in [1.82, 2.24) is 9.55 Å². The van der Waals surface area contributed by atoms with Gasteiger partial charge in [0.1, 0.15) is 18.1 Å². The summed E-state index contributed by atoms with van der Waals surface area (Å²) in [4.78, 5) is 25.2. The number of hydrogen-bond donors (Lipinski definition) is 1. The van der Waals surface area contributed by atoms with Crippen LogP contribution in [0.3, 0.4) is 0 Å². The minimum atomic E-state index is -2.26. The van der Waals surface area contributed by atoms with Crippen molar-refractivity contribution < 1.29 is 18.3 Å². The summed E-state index contributed by atoms with van der Waals surface area (Å²) < 4.78 is 28.5. The summed E-state index contributed by atoms with van der Waals surface area (Å²) in [6.45, 7) is 1.74. The molecule has 1 unspecified atom stereocenters. The fourth-order valence-corrected chi connectivity index (χ4v) is 3.46. The number of H-pyrrole nitrogens is 1. The third kappa shape index (κ3) is 2.15. The lowest BCUT2D eigenvalue weighted by Crippen LogP contribution is -2.42. The first-order valence-corrected chi connectivity index (χ1v) is 7.27. The zero-order valence-electron chi connectivity index (χ0n) is 11.0. The Morgan fingerprint density at radius 2 is 2.33 bits per heavy atom. The van der Waals surface area contributed by atoms with Crippen molar-refractivity contribution in [3.63, 3.8) is 0 Å². The first kappa shape index (κ1) is 14.2. The van der Waals surface area contributed by atoms with E-state index in [2.05, 4.69) is 10.9 Å². The average Bonchev–Trinajstić information content (AvgIpc) is 2.73. The van der Waals surface area contributed by atoms with Crippen LogP contribution in [0.5, 0.6) is 0 Å². The van der Waals surface area contributed by atoms with Gasteiger partial charge in [-0.2, -0.15) is 0 Å². The van der Waals surface area contributed by atoms with E-state index in [1.54, 1.807) is 6.92 Å². The second-order valence-corrected chi connectivity index (χ2v) is 5.93. The van der Waals surface area contributed by atoms with Crippen LogP contribution >= 0.6 is 8.25 Å². The first-order valence-electron chi connectivity index (χ1n) is 6.17. The standard InChI is InChI=1S/C12H11N2O6P/c1-3-12(2)9-7(6-18-21(17)20-9)19-10(12)14-5-4-8(15)13-11(14)16/h1,4-5,7,9-10H,6H2,2H3/p+1/t7-,9-,10-,12-/m1/s1. The van der Waals surface area contributed by atoms with Crippen LogP contribution in [0.25, 0.3) is 0 Å². The van der Waals surface area contributed by atoms with E-state index in [9.17, 15) is 14.2 Å². The molecular formula is C12H12N2O6P+. The molecule has 9 heteroatoms. The third-order valence-corrected chi connectivity index (χ3v) is 4.46. The second kappa shape index (κ2) is 4.90. The molecule has 1 N–H and O–H groups in total. The van der Waals surface area contributed by atoms with E-state index in [0.717, 1.165) is 0 Å². The number of aromatic amines is 1. The van der Waals surface area contributed by atoms with Crippen molar-refractivity contribution in [1.29, 1.82) is 0 Å². The van der Waals surface area contributed by atoms with Gasteiger partial charge in [0.2, 0.25) is 0 Å². The summed E-state index contributed by atoms with van der Waals surface area (Å²) in [5.74, 6) is 2.56. The molecular weight excluding hydrogens is 299 g/mol. The molecule has 3 heterocycles. The maximum atomic E-state index is 11.9. The van der Waals surface area contributed by atoms with Crippen LogP contribution in [-0.4, -0.2) is 28.4 Å². The molecule has 0 amide bonds. The lowest BCUT2D eigenvalue weighted by atomic mass is 9.83. The van der Waals surface area contributed by atoms with Crippen LogP contribution in [0.2, 0.25) is 0 Å². The summed E-state index contributed by atoms with van der Waals surface area (Å²) in [5, 5.41) is 0. The summed E-state index contributed by atoms with van der Waals surface area (Å²) in [5.41, 5.74) is -2.18. The predicted molar refractivity (Wildman–Crippen MR) is 70.6 cm³/mol. The highest BCUT2D eigenvalue weighted by Crippen LogP contribution is 2.51. The van der Waals surface area contributed by atoms with Crippen LogP contribution < -0.4 is 11.2 Å². The van der Waals surface area contributed by atoms with E-state index in [0.29, 0.717) is 0 Å². The number of aromatic nitrogens is 2. The van der Waals surface area contributed by atoms with Gasteiger partial charge in [0, 0.05) is 16.8 Å². The molecule has 2 aliphatic heterocycles. The van der Waals surface area contributed by atoms with Gasteiger partial charge in [-0.05, 0) is 6.92 Å². The molecule has 0 radical (unpaired) electrons. The van der Waals surface area contributed by atoms with Gasteiger partial charge in [-0.3, -0.25) is 14.3 Å². The summed E-state index contributed by atoms with van der Waals surface area (Å²) >= 11 is 0. The number of rotatable bonds is 1. The van der Waals surface area contributed by atoms with Crippen LogP contribution in [0.4, 0.5) is 0 Å². The molecule has 1 aromatic heterocycles. The molecule has 21 heavy (non-hydrogen) atoms. The fourth-order valence-electron chi connectivity index (χ4n) is 2.59. The molecule has 2 fully saturated rings. The van der Waals surface area contributed by atoms with Gasteiger partial charge in [0.15, 0.2) is 12.3 Å². The Hall–Kier alpha value is -1.78. The number of fused-ring (bicyclic) bond motifs is 1. The lowest BCUT2D eigenvalue weighted by molar-refractivity contribution is -0.0565. The zero-order chi connectivity index (χ0) is 15.2. The lowest BCUT2D eigenvalue weighted by Gasteiger charge is -2.27. The highest BCUT2D eigenvalue weighted by Gasteiger charge is 2.61. The van der Waals surface area contributed by atoms with Crippen molar-refractivity contribution in [2.45, 2.75) is 25.4 Å². The van der Waals surface area contributed by atoms with E-state index in [4.69, 9.17) is 20.2 Å². The molecule has 3 rings (SSSR count). The molecule has 0 spiro atoms. The van der Waals surface area contributed by atoms with Gasteiger partial charge >= 0.3 is 13.9 Å². The van der Waals surface area contributed by atoms with Crippen molar-refractivity contribution >= 4 is 8.25 Å². The topological polar surface area (TPSA) is 99.6 Å². The van der Waals surface area contributed by atoms with E-state index < -0.39 is 43.4 Å². The first-order chi connectivity index (χ1) is 9.95. The Labute approximate surface area is 120 Å². The van der Waals surface area contributed by atoms with Crippen molar-refractivity contribution in [3.8, 4) is 12.3 Å². The monoisotopic (exact) mass is 311 g/mol. The Kier molecular flexibility index (Phi) is 3.30. The van der Waals surface area contributed by atoms with Gasteiger partial charge < -0.3 is 4.74 Å². The van der Waals surface area contributed by atoms with Crippen molar-refractivity contribution in [3.05, 3.63) is 33.1 Å². The molecule has 0 bridgehead atoms.